The maximum absolute atomic E-state index is 12.4. The van der Waals surface area contributed by atoms with Crippen LogP contribution in [0.25, 0.3) is 0 Å². The number of benzene rings is 1. The van der Waals surface area contributed by atoms with Crippen molar-refractivity contribution < 1.29 is 9.53 Å². The Balaban J connectivity index is 1.84. The third-order valence-corrected chi connectivity index (χ3v) is 3.28. The molecule has 6 nitrogen and oxygen atoms in total. The average Bonchev–Trinajstić information content (AvgIpc) is 2.93. The number of nitriles is 1. The van der Waals surface area contributed by atoms with Gasteiger partial charge in [0, 0.05) is 5.56 Å². The maximum atomic E-state index is 12.4. The molecule has 3 rings (SSSR count). The van der Waals surface area contributed by atoms with Gasteiger partial charge in [-0.15, -0.1) is 0 Å². The van der Waals surface area contributed by atoms with E-state index in [4.69, 9.17) is 10.00 Å². The van der Waals surface area contributed by atoms with E-state index in [1.165, 1.54) is 6.20 Å². The minimum absolute atomic E-state index is 0.165. The van der Waals surface area contributed by atoms with Crippen molar-refractivity contribution in [3.8, 4) is 11.8 Å². The van der Waals surface area contributed by atoms with Gasteiger partial charge in [-0.05, 0) is 12.5 Å². The van der Waals surface area contributed by atoms with E-state index in [9.17, 15) is 4.79 Å². The molecule has 1 atom stereocenters. The Morgan fingerprint density at radius 2 is 2.35 bits per heavy atom. The topological polar surface area (TPSA) is 90.8 Å². The highest BCUT2D eigenvalue weighted by Gasteiger charge is 2.28. The zero-order valence-corrected chi connectivity index (χ0v) is 10.6. The molecule has 1 amide bonds. The number of nitrogens with one attached hydrogen (secondary N) is 2. The van der Waals surface area contributed by atoms with Gasteiger partial charge in [-0.25, -0.2) is 0 Å². The van der Waals surface area contributed by atoms with Crippen LogP contribution in [0.3, 0.4) is 0 Å². The number of hydrogen-bond donors (Lipinski definition) is 2. The van der Waals surface area contributed by atoms with Crippen molar-refractivity contribution in [1.29, 1.82) is 5.26 Å². The number of rotatable bonds is 2. The van der Waals surface area contributed by atoms with Gasteiger partial charge in [0.25, 0.3) is 0 Å². The van der Waals surface area contributed by atoms with Crippen LogP contribution < -0.4 is 10.1 Å². The summed E-state index contributed by atoms with van der Waals surface area (Å²) < 4.78 is 5.53. The first-order valence-electron chi connectivity index (χ1n) is 6.25. The molecule has 1 aromatic heterocycles. The number of amides is 1. The summed E-state index contributed by atoms with van der Waals surface area (Å²) in [6.45, 7) is 0.503. The van der Waals surface area contributed by atoms with Gasteiger partial charge in [-0.1, -0.05) is 18.2 Å². The number of H-pyrrole nitrogens is 1. The lowest BCUT2D eigenvalue weighted by Crippen LogP contribution is -2.26. The molecule has 0 aliphatic carbocycles. The summed E-state index contributed by atoms with van der Waals surface area (Å²) in [4.78, 5) is 12.4. The molecule has 2 N–H and O–H groups in total. The zero-order chi connectivity index (χ0) is 13.9. The molecule has 1 aromatic carbocycles. The van der Waals surface area contributed by atoms with E-state index in [1.807, 2.05) is 30.3 Å². The Morgan fingerprint density at radius 1 is 1.50 bits per heavy atom. The Labute approximate surface area is 115 Å². The van der Waals surface area contributed by atoms with Crippen LogP contribution in [-0.4, -0.2) is 22.7 Å². The van der Waals surface area contributed by atoms with Gasteiger partial charge in [0.15, 0.2) is 0 Å². The second-order valence-electron chi connectivity index (χ2n) is 4.49. The SMILES string of the molecule is N#Cc1cn[nH]c1NC(=O)C1CCOc2ccccc21. The van der Waals surface area contributed by atoms with Gasteiger partial charge in [0.2, 0.25) is 5.91 Å². The molecule has 1 aliphatic heterocycles. The molecule has 0 bridgehead atoms. The van der Waals surface area contributed by atoms with Gasteiger partial charge in [-0.3, -0.25) is 9.89 Å². The minimum Gasteiger partial charge on any atom is -0.493 e. The molecule has 2 heterocycles. The van der Waals surface area contributed by atoms with Gasteiger partial charge in [0.05, 0.1) is 18.7 Å². The first-order chi connectivity index (χ1) is 9.79. The van der Waals surface area contributed by atoms with Crippen LogP contribution >= 0.6 is 0 Å². The molecule has 0 fully saturated rings. The van der Waals surface area contributed by atoms with Crippen molar-refractivity contribution in [3.05, 3.63) is 41.6 Å². The van der Waals surface area contributed by atoms with Gasteiger partial charge in [-0.2, -0.15) is 10.4 Å². The van der Waals surface area contributed by atoms with Crippen molar-refractivity contribution in [2.24, 2.45) is 0 Å². The lowest BCUT2D eigenvalue weighted by Gasteiger charge is -2.24. The summed E-state index contributed by atoms with van der Waals surface area (Å²) in [6.07, 6.45) is 1.99. The zero-order valence-electron chi connectivity index (χ0n) is 10.6. The predicted octanol–water partition coefficient (Wildman–Crippen LogP) is 1.79. The lowest BCUT2D eigenvalue weighted by molar-refractivity contribution is -0.118. The van der Waals surface area contributed by atoms with Crippen molar-refractivity contribution in [2.45, 2.75) is 12.3 Å². The molecule has 0 spiro atoms. The quantitative estimate of drug-likeness (QED) is 0.868. The van der Waals surface area contributed by atoms with E-state index in [-0.39, 0.29) is 11.8 Å². The molecular formula is C14H12N4O2. The summed E-state index contributed by atoms with van der Waals surface area (Å²) >= 11 is 0. The standard InChI is InChI=1S/C14H12N4O2/c15-7-9-8-16-18-13(9)17-14(19)11-5-6-20-12-4-2-1-3-10(11)12/h1-4,8,11H,5-6H2,(H2,16,17,18,19). The lowest BCUT2D eigenvalue weighted by atomic mass is 9.92. The highest BCUT2D eigenvalue weighted by atomic mass is 16.5. The predicted molar refractivity (Wildman–Crippen MR) is 71.2 cm³/mol. The van der Waals surface area contributed by atoms with E-state index in [0.29, 0.717) is 24.4 Å². The highest BCUT2D eigenvalue weighted by molar-refractivity contribution is 5.96. The minimum atomic E-state index is -0.283. The molecule has 0 radical (unpaired) electrons. The third kappa shape index (κ3) is 2.10. The van der Waals surface area contributed by atoms with Crippen LogP contribution in [-0.2, 0) is 4.79 Å². The fraction of sp³-hybridized carbons (Fsp3) is 0.214. The summed E-state index contributed by atoms with van der Waals surface area (Å²) in [6, 6.07) is 9.46. The highest BCUT2D eigenvalue weighted by Crippen LogP contribution is 2.34. The van der Waals surface area contributed by atoms with Gasteiger partial charge < -0.3 is 10.1 Å². The molecule has 1 unspecified atom stereocenters. The number of aromatic nitrogens is 2. The van der Waals surface area contributed by atoms with Crippen LogP contribution in [0.4, 0.5) is 5.82 Å². The van der Waals surface area contributed by atoms with E-state index < -0.39 is 0 Å². The smallest absolute Gasteiger partial charge is 0.233 e. The van der Waals surface area contributed by atoms with E-state index in [1.54, 1.807) is 0 Å². The fourth-order valence-electron chi connectivity index (χ4n) is 2.29. The summed E-state index contributed by atoms with van der Waals surface area (Å²) in [5, 5.41) is 18.0. The molecule has 0 saturated carbocycles. The van der Waals surface area contributed by atoms with Crippen molar-refractivity contribution in [1.82, 2.24) is 10.2 Å². The average molecular weight is 268 g/mol. The third-order valence-electron chi connectivity index (χ3n) is 3.28. The summed E-state index contributed by atoms with van der Waals surface area (Å²) in [7, 11) is 0. The first-order valence-corrected chi connectivity index (χ1v) is 6.25. The second kappa shape index (κ2) is 5.05. The Morgan fingerprint density at radius 3 is 3.20 bits per heavy atom. The number of hydrogen-bond acceptors (Lipinski definition) is 4. The van der Waals surface area contributed by atoms with Crippen LogP contribution in [0, 0.1) is 11.3 Å². The number of carbonyl (C=O) groups excluding carboxylic acids is 1. The molecule has 0 saturated heterocycles. The number of fused-ring (bicyclic) bond motifs is 1. The van der Waals surface area contributed by atoms with Crippen LogP contribution in [0.15, 0.2) is 30.5 Å². The van der Waals surface area contributed by atoms with Crippen molar-refractivity contribution in [3.63, 3.8) is 0 Å². The summed E-state index contributed by atoms with van der Waals surface area (Å²) in [5.74, 6) is 0.627. The first kappa shape index (κ1) is 12.2. The Kier molecular flexibility index (Phi) is 3.09. The van der Waals surface area contributed by atoms with Crippen molar-refractivity contribution >= 4 is 11.7 Å². The molecule has 2 aromatic rings. The van der Waals surface area contributed by atoms with Crippen LogP contribution in [0.1, 0.15) is 23.5 Å². The number of nitrogens with zero attached hydrogens (tertiary/aromatic N) is 2. The molecular weight excluding hydrogens is 256 g/mol. The molecule has 20 heavy (non-hydrogen) atoms. The number of anilines is 1. The molecule has 1 aliphatic rings. The fourth-order valence-corrected chi connectivity index (χ4v) is 2.29. The van der Waals surface area contributed by atoms with Crippen LogP contribution in [0.5, 0.6) is 5.75 Å². The van der Waals surface area contributed by atoms with Gasteiger partial charge >= 0.3 is 0 Å². The molecule has 6 heteroatoms. The maximum Gasteiger partial charge on any atom is 0.233 e. The summed E-state index contributed by atoms with van der Waals surface area (Å²) in [5.41, 5.74) is 1.19. The van der Waals surface area contributed by atoms with E-state index in [0.717, 1.165) is 11.3 Å². The second-order valence-corrected chi connectivity index (χ2v) is 4.49. The Bertz CT molecular complexity index is 686. The number of carbonyl (C=O) groups is 1. The number of para-hydroxylation sites is 1. The van der Waals surface area contributed by atoms with Gasteiger partial charge in [0.1, 0.15) is 23.2 Å². The van der Waals surface area contributed by atoms with E-state index >= 15 is 0 Å². The molecule has 100 valence electrons. The Hall–Kier alpha value is -2.81. The largest absolute Gasteiger partial charge is 0.493 e. The number of aromatic amines is 1. The van der Waals surface area contributed by atoms with Crippen molar-refractivity contribution in [2.75, 3.05) is 11.9 Å². The monoisotopic (exact) mass is 268 g/mol. The van der Waals surface area contributed by atoms with E-state index in [2.05, 4.69) is 15.5 Å². The van der Waals surface area contributed by atoms with Crippen LogP contribution in [0.2, 0.25) is 0 Å². The normalized spacial score (nSPS) is 16.6. The number of ether oxygens (including phenoxy) is 1.